The first-order valence-corrected chi connectivity index (χ1v) is 5.04. The molecule has 0 aromatic heterocycles. The van der Waals surface area contributed by atoms with Gasteiger partial charge < -0.3 is 4.74 Å². The van der Waals surface area contributed by atoms with E-state index in [9.17, 15) is 4.79 Å². The highest BCUT2D eigenvalue weighted by atomic mass is 16.5. The van der Waals surface area contributed by atoms with Gasteiger partial charge in [-0.3, -0.25) is 4.79 Å². The van der Waals surface area contributed by atoms with E-state index in [1.165, 1.54) is 0 Å². The lowest BCUT2D eigenvalue weighted by molar-refractivity contribution is -0.111. The zero-order valence-electron chi connectivity index (χ0n) is 9.01. The molecule has 2 nitrogen and oxygen atoms in total. The van der Waals surface area contributed by atoms with E-state index in [2.05, 4.69) is 0 Å². The molecule has 0 bridgehead atoms. The minimum Gasteiger partial charge on any atom is -0.497 e. The van der Waals surface area contributed by atoms with Gasteiger partial charge in [-0.25, -0.2) is 0 Å². The van der Waals surface area contributed by atoms with Gasteiger partial charge in [0.25, 0.3) is 0 Å². The van der Waals surface area contributed by atoms with Crippen molar-refractivity contribution in [2.24, 2.45) is 0 Å². The van der Waals surface area contributed by atoms with Crippen molar-refractivity contribution in [3.05, 3.63) is 59.7 Å². The van der Waals surface area contributed by atoms with Gasteiger partial charge in [0.1, 0.15) is 5.75 Å². The molecule has 2 heteroatoms. The summed E-state index contributed by atoms with van der Waals surface area (Å²) >= 11 is 0. The molecule has 0 heterocycles. The molecule has 0 spiro atoms. The van der Waals surface area contributed by atoms with Gasteiger partial charge in [0.05, 0.1) is 7.11 Å². The van der Waals surface area contributed by atoms with Crippen molar-refractivity contribution in [1.82, 2.24) is 0 Å². The molecule has 0 fully saturated rings. The van der Waals surface area contributed by atoms with Crippen molar-refractivity contribution in [2.75, 3.05) is 7.11 Å². The molecule has 2 rings (SSSR count). The zero-order valence-corrected chi connectivity index (χ0v) is 9.01. The predicted octanol–water partition coefficient (Wildman–Crippen LogP) is 2.77. The van der Waals surface area contributed by atoms with Gasteiger partial charge in [-0.05, 0) is 29.8 Å². The van der Waals surface area contributed by atoms with Crippen LogP contribution in [0.4, 0.5) is 0 Å². The first-order chi connectivity index (χ1) is 7.79. The molecule has 0 aliphatic heterocycles. The topological polar surface area (TPSA) is 26.3 Å². The smallest absolute Gasteiger partial charge is 0.185 e. The minimum absolute atomic E-state index is 0.0401. The first kappa shape index (κ1) is 10.4. The van der Waals surface area contributed by atoms with E-state index < -0.39 is 0 Å². The second kappa shape index (κ2) is 4.62. The molecule has 0 saturated carbocycles. The van der Waals surface area contributed by atoms with E-state index in [-0.39, 0.29) is 5.78 Å². The summed E-state index contributed by atoms with van der Waals surface area (Å²) in [6.45, 7) is 0. The van der Waals surface area contributed by atoms with Crippen molar-refractivity contribution in [1.29, 1.82) is 0 Å². The average molecular weight is 212 g/mol. The Morgan fingerprint density at radius 3 is 2.38 bits per heavy atom. The Bertz CT molecular complexity index is 476. The summed E-state index contributed by atoms with van der Waals surface area (Å²) in [5.41, 5.74) is 1.69. The number of ether oxygens (including phenoxy) is 1. The lowest BCUT2D eigenvalue weighted by atomic mass is 10.0. The second-order valence-electron chi connectivity index (χ2n) is 3.46. The standard InChI is InChI=1S/C14H12O2/c1-16-13-8-6-11(7-9-13)10-12-4-2-3-5-14(12)15/h2-10H,1H3. The highest BCUT2D eigenvalue weighted by molar-refractivity contribution is 6.10. The van der Waals surface area contributed by atoms with Crippen LogP contribution in [0, 0.1) is 0 Å². The van der Waals surface area contributed by atoms with Crippen LogP contribution in [0.5, 0.6) is 5.75 Å². The summed E-state index contributed by atoms with van der Waals surface area (Å²) in [7, 11) is 1.63. The summed E-state index contributed by atoms with van der Waals surface area (Å²) in [6, 6.07) is 7.59. The molecule has 0 unspecified atom stereocenters. The van der Waals surface area contributed by atoms with Gasteiger partial charge in [0, 0.05) is 5.57 Å². The molecule has 80 valence electrons. The maximum atomic E-state index is 11.5. The van der Waals surface area contributed by atoms with Crippen LogP contribution >= 0.6 is 0 Å². The van der Waals surface area contributed by atoms with Crippen LogP contribution in [0.15, 0.2) is 54.1 Å². The van der Waals surface area contributed by atoms with E-state index in [0.29, 0.717) is 5.57 Å². The number of carbonyl (C=O) groups excluding carboxylic acids is 1. The minimum atomic E-state index is 0.0401. The Morgan fingerprint density at radius 1 is 1.06 bits per heavy atom. The number of carbonyl (C=O) groups is 1. The number of ketones is 1. The molecule has 0 saturated heterocycles. The van der Waals surface area contributed by atoms with Gasteiger partial charge in [-0.2, -0.15) is 0 Å². The molecular formula is C14H12O2. The fourth-order valence-corrected chi connectivity index (χ4v) is 1.48. The molecule has 1 aliphatic rings. The summed E-state index contributed by atoms with van der Waals surface area (Å²) in [5.74, 6) is 0.853. The highest BCUT2D eigenvalue weighted by Crippen LogP contribution is 2.16. The monoisotopic (exact) mass is 212 g/mol. The molecule has 0 radical (unpaired) electrons. The summed E-state index contributed by atoms with van der Waals surface area (Å²) in [4.78, 5) is 11.5. The third-order valence-electron chi connectivity index (χ3n) is 2.36. The van der Waals surface area contributed by atoms with Crippen LogP contribution in [-0.2, 0) is 4.79 Å². The quantitative estimate of drug-likeness (QED) is 0.704. The lowest BCUT2D eigenvalue weighted by Crippen LogP contribution is -1.98. The molecule has 16 heavy (non-hydrogen) atoms. The van der Waals surface area contributed by atoms with Crippen LogP contribution in [0.25, 0.3) is 6.08 Å². The SMILES string of the molecule is COc1ccc(C=C2C=CC=CC2=O)cc1. The first-order valence-electron chi connectivity index (χ1n) is 5.04. The Labute approximate surface area is 94.6 Å². The zero-order chi connectivity index (χ0) is 11.4. The summed E-state index contributed by atoms with van der Waals surface area (Å²) in [6.07, 6.45) is 8.84. The third kappa shape index (κ3) is 2.28. The van der Waals surface area contributed by atoms with Crippen LogP contribution < -0.4 is 4.74 Å². The molecule has 1 aliphatic carbocycles. The Kier molecular flexibility index (Phi) is 3.01. The van der Waals surface area contributed by atoms with Gasteiger partial charge in [0.2, 0.25) is 0 Å². The number of rotatable bonds is 2. The van der Waals surface area contributed by atoms with Gasteiger partial charge >= 0.3 is 0 Å². The van der Waals surface area contributed by atoms with Gasteiger partial charge in [0.15, 0.2) is 5.78 Å². The van der Waals surface area contributed by atoms with E-state index in [0.717, 1.165) is 11.3 Å². The number of benzene rings is 1. The highest BCUT2D eigenvalue weighted by Gasteiger charge is 2.04. The maximum absolute atomic E-state index is 11.5. The number of methoxy groups -OCH3 is 1. The molecule has 0 atom stereocenters. The second-order valence-corrected chi connectivity index (χ2v) is 3.46. The van der Waals surface area contributed by atoms with Crippen molar-refractivity contribution in [3.63, 3.8) is 0 Å². The van der Waals surface area contributed by atoms with Crippen molar-refractivity contribution < 1.29 is 9.53 Å². The van der Waals surface area contributed by atoms with E-state index in [1.807, 2.05) is 42.5 Å². The number of hydrogen-bond acceptors (Lipinski definition) is 2. The Morgan fingerprint density at radius 2 is 1.75 bits per heavy atom. The maximum Gasteiger partial charge on any atom is 0.185 e. The van der Waals surface area contributed by atoms with Crippen LogP contribution in [0.2, 0.25) is 0 Å². The number of hydrogen-bond donors (Lipinski definition) is 0. The van der Waals surface area contributed by atoms with Crippen molar-refractivity contribution in [2.45, 2.75) is 0 Å². The molecule has 1 aromatic carbocycles. The van der Waals surface area contributed by atoms with E-state index in [4.69, 9.17) is 4.74 Å². The normalized spacial score (nSPS) is 16.8. The molecule has 1 aromatic rings. The summed E-state index contributed by atoms with van der Waals surface area (Å²) < 4.78 is 5.07. The number of allylic oxidation sites excluding steroid dienone is 5. The van der Waals surface area contributed by atoms with Crippen LogP contribution in [0.1, 0.15) is 5.56 Å². The van der Waals surface area contributed by atoms with Crippen molar-refractivity contribution in [3.8, 4) is 5.75 Å². The largest absolute Gasteiger partial charge is 0.497 e. The van der Waals surface area contributed by atoms with Crippen molar-refractivity contribution >= 4 is 11.9 Å². The van der Waals surface area contributed by atoms with E-state index in [1.54, 1.807) is 19.3 Å². The molecular weight excluding hydrogens is 200 g/mol. The van der Waals surface area contributed by atoms with Crippen LogP contribution in [0.3, 0.4) is 0 Å². The predicted molar refractivity (Wildman–Crippen MR) is 64.3 cm³/mol. The van der Waals surface area contributed by atoms with Gasteiger partial charge in [-0.15, -0.1) is 0 Å². The van der Waals surface area contributed by atoms with Crippen LogP contribution in [-0.4, -0.2) is 12.9 Å². The molecule has 0 N–H and O–H groups in total. The fourth-order valence-electron chi connectivity index (χ4n) is 1.48. The third-order valence-corrected chi connectivity index (χ3v) is 2.36. The summed E-state index contributed by atoms with van der Waals surface area (Å²) in [5, 5.41) is 0. The van der Waals surface area contributed by atoms with Gasteiger partial charge in [-0.1, -0.05) is 30.4 Å². The van der Waals surface area contributed by atoms with E-state index >= 15 is 0 Å². The fraction of sp³-hybridized carbons (Fsp3) is 0.0714. The lowest BCUT2D eigenvalue weighted by Gasteiger charge is -2.02. The molecule has 0 amide bonds. The Balaban J connectivity index is 2.25. The Hall–Kier alpha value is -2.09. The average Bonchev–Trinajstić information content (AvgIpc) is 2.33.